The molecule has 0 unspecified atom stereocenters. The van der Waals surface area contributed by atoms with Crippen LogP contribution in [0.1, 0.15) is 40.5 Å². The number of rotatable bonds is 5. The molecule has 0 amide bonds. The quantitative estimate of drug-likeness (QED) is 0.591. The highest BCUT2D eigenvalue weighted by Crippen LogP contribution is 2.32. The summed E-state index contributed by atoms with van der Waals surface area (Å²) in [6.07, 6.45) is 1.10. The highest BCUT2D eigenvalue weighted by molar-refractivity contribution is 6.23. The molecule has 2 atom stereocenters. The first-order chi connectivity index (χ1) is 8.75. The molecule has 0 aliphatic heterocycles. The summed E-state index contributed by atoms with van der Waals surface area (Å²) in [5.41, 5.74) is 0.836. The van der Waals surface area contributed by atoms with Crippen LogP contribution in [-0.4, -0.2) is 27.9 Å². The van der Waals surface area contributed by atoms with Gasteiger partial charge in [0.05, 0.1) is 5.92 Å². The molecule has 0 heterocycles. The molecular formula is C15H22O4. The molecule has 1 rings (SSSR count). The van der Waals surface area contributed by atoms with Crippen molar-refractivity contribution >= 4 is 11.6 Å². The number of hydrogen-bond donors (Lipinski definition) is 2. The highest BCUT2D eigenvalue weighted by Gasteiger charge is 2.43. The van der Waals surface area contributed by atoms with Gasteiger partial charge in [0.25, 0.3) is 0 Å². The van der Waals surface area contributed by atoms with E-state index in [1.807, 2.05) is 33.8 Å². The van der Waals surface area contributed by atoms with E-state index in [1.165, 1.54) is 0 Å². The van der Waals surface area contributed by atoms with E-state index in [0.717, 1.165) is 5.57 Å². The van der Waals surface area contributed by atoms with Crippen molar-refractivity contribution in [2.24, 2.45) is 11.8 Å². The summed E-state index contributed by atoms with van der Waals surface area (Å²) >= 11 is 0. The summed E-state index contributed by atoms with van der Waals surface area (Å²) in [7, 11) is 0. The van der Waals surface area contributed by atoms with Crippen LogP contribution in [0.3, 0.4) is 0 Å². The first kappa shape index (κ1) is 15.6. The fourth-order valence-electron chi connectivity index (χ4n) is 2.15. The molecule has 4 heteroatoms. The van der Waals surface area contributed by atoms with Crippen LogP contribution >= 0.6 is 0 Å². The van der Waals surface area contributed by atoms with E-state index in [2.05, 4.69) is 0 Å². The minimum absolute atomic E-state index is 0.106. The summed E-state index contributed by atoms with van der Waals surface area (Å²) in [4.78, 5) is 23.8. The SMILES string of the molecule is CC(C)=CC[C@H]1C(O)=C(C(=O)CC(C)C)C(=O)[C@H]1O. The van der Waals surface area contributed by atoms with E-state index in [1.54, 1.807) is 0 Å². The van der Waals surface area contributed by atoms with Crippen molar-refractivity contribution < 1.29 is 19.8 Å². The van der Waals surface area contributed by atoms with Gasteiger partial charge in [0, 0.05) is 6.42 Å². The minimum atomic E-state index is -1.30. The van der Waals surface area contributed by atoms with Crippen LogP contribution in [0, 0.1) is 11.8 Å². The van der Waals surface area contributed by atoms with Crippen molar-refractivity contribution in [2.45, 2.75) is 46.6 Å². The lowest BCUT2D eigenvalue weighted by atomic mass is 9.99. The van der Waals surface area contributed by atoms with Gasteiger partial charge < -0.3 is 10.2 Å². The molecule has 0 radical (unpaired) electrons. The van der Waals surface area contributed by atoms with Crippen molar-refractivity contribution in [1.82, 2.24) is 0 Å². The van der Waals surface area contributed by atoms with E-state index in [0.29, 0.717) is 6.42 Å². The lowest BCUT2D eigenvalue weighted by molar-refractivity contribution is -0.126. The Hall–Kier alpha value is -1.42. The molecule has 0 bridgehead atoms. The number of aliphatic hydroxyl groups is 2. The monoisotopic (exact) mass is 266 g/mol. The second-order valence-electron chi connectivity index (χ2n) is 5.71. The van der Waals surface area contributed by atoms with Crippen LogP contribution in [0.25, 0.3) is 0 Å². The first-order valence-electron chi connectivity index (χ1n) is 6.57. The summed E-state index contributed by atoms with van der Waals surface area (Å²) < 4.78 is 0. The maximum atomic E-state index is 11.9. The van der Waals surface area contributed by atoms with Crippen LogP contribution in [0.2, 0.25) is 0 Å². The Morgan fingerprint density at radius 2 is 1.95 bits per heavy atom. The Morgan fingerprint density at radius 3 is 2.42 bits per heavy atom. The van der Waals surface area contributed by atoms with E-state index >= 15 is 0 Å². The molecule has 1 aliphatic carbocycles. The van der Waals surface area contributed by atoms with Crippen molar-refractivity contribution in [2.75, 3.05) is 0 Å². The number of ketones is 2. The smallest absolute Gasteiger partial charge is 0.199 e. The number of allylic oxidation sites excluding steroid dienone is 2. The third-order valence-electron chi connectivity index (χ3n) is 3.16. The zero-order valence-electron chi connectivity index (χ0n) is 11.9. The molecule has 0 saturated heterocycles. The third-order valence-corrected chi connectivity index (χ3v) is 3.16. The van der Waals surface area contributed by atoms with Gasteiger partial charge in [0.1, 0.15) is 17.4 Å². The summed E-state index contributed by atoms with van der Waals surface area (Å²) in [5, 5.41) is 19.9. The second-order valence-corrected chi connectivity index (χ2v) is 5.71. The fraction of sp³-hybridized carbons (Fsp3) is 0.600. The lowest BCUT2D eigenvalue weighted by Crippen LogP contribution is -2.25. The summed E-state index contributed by atoms with van der Waals surface area (Å²) in [5.74, 6) is -1.85. The van der Waals surface area contributed by atoms with E-state index in [-0.39, 0.29) is 29.5 Å². The van der Waals surface area contributed by atoms with Gasteiger partial charge in [0.15, 0.2) is 11.6 Å². The van der Waals surface area contributed by atoms with Crippen LogP contribution in [0.5, 0.6) is 0 Å². The Labute approximate surface area is 113 Å². The number of Topliss-reactive ketones (excluding diaryl/α,β-unsaturated/α-hetero) is 2. The normalized spacial score (nSPS) is 23.2. The zero-order valence-corrected chi connectivity index (χ0v) is 11.9. The van der Waals surface area contributed by atoms with Gasteiger partial charge in [-0.05, 0) is 26.2 Å². The minimum Gasteiger partial charge on any atom is -0.511 e. The molecule has 0 aromatic carbocycles. The number of carbonyl (C=O) groups is 2. The topological polar surface area (TPSA) is 74.6 Å². The predicted molar refractivity (Wildman–Crippen MR) is 72.7 cm³/mol. The van der Waals surface area contributed by atoms with Gasteiger partial charge in [-0.1, -0.05) is 25.5 Å². The Kier molecular flexibility index (Phi) is 5.06. The van der Waals surface area contributed by atoms with Gasteiger partial charge in [-0.15, -0.1) is 0 Å². The van der Waals surface area contributed by atoms with E-state index in [9.17, 15) is 19.8 Å². The van der Waals surface area contributed by atoms with Gasteiger partial charge in [0.2, 0.25) is 0 Å². The third kappa shape index (κ3) is 3.53. The van der Waals surface area contributed by atoms with Crippen LogP contribution in [0.15, 0.2) is 23.0 Å². The van der Waals surface area contributed by atoms with Gasteiger partial charge in [-0.3, -0.25) is 9.59 Å². The molecular weight excluding hydrogens is 244 g/mol. The van der Waals surface area contributed by atoms with Crippen LogP contribution in [0.4, 0.5) is 0 Å². The molecule has 4 nitrogen and oxygen atoms in total. The molecule has 19 heavy (non-hydrogen) atoms. The van der Waals surface area contributed by atoms with Gasteiger partial charge >= 0.3 is 0 Å². The van der Waals surface area contributed by atoms with Crippen molar-refractivity contribution in [1.29, 1.82) is 0 Å². The molecule has 0 fully saturated rings. The van der Waals surface area contributed by atoms with Crippen LogP contribution < -0.4 is 0 Å². The Balaban J connectivity index is 2.99. The van der Waals surface area contributed by atoms with Crippen molar-refractivity contribution in [3.63, 3.8) is 0 Å². The van der Waals surface area contributed by atoms with Crippen molar-refractivity contribution in [3.8, 4) is 0 Å². The number of carbonyl (C=O) groups excluding carboxylic acids is 2. The number of hydrogen-bond acceptors (Lipinski definition) is 4. The Bertz CT molecular complexity index is 439. The fourth-order valence-corrected chi connectivity index (χ4v) is 2.15. The summed E-state index contributed by atoms with van der Waals surface area (Å²) in [6.45, 7) is 7.53. The molecule has 2 N–H and O–H groups in total. The molecule has 0 saturated carbocycles. The molecule has 0 aromatic rings. The van der Waals surface area contributed by atoms with Crippen molar-refractivity contribution in [3.05, 3.63) is 23.0 Å². The average molecular weight is 266 g/mol. The zero-order chi connectivity index (χ0) is 14.7. The highest BCUT2D eigenvalue weighted by atomic mass is 16.3. The number of aliphatic hydroxyl groups excluding tert-OH is 2. The predicted octanol–water partition coefficient (Wildman–Crippen LogP) is 2.33. The molecule has 106 valence electrons. The molecule has 1 aliphatic rings. The second kappa shape index (κ2) is 6.15. The van der Waals surface area contributed by atoms with Gasteiger partial charge in [-0.25, -0.2) is 0 Å². The van der Waals surface area contributed by atoms with E-state index in [4.69, 9.17) is 0 Å². The summed E-state index contributed by atoms with van der Waals surface area (Å²) in [6, 6.07) is 0. The van der Waals surface area contributed by atoms with Crippen LogP contribution in [-0.2, 0) is 9.59 Å². The molecule has 0 spiro atoms. The molecule has 0 aromatic heterocycles. The average Bonchev–Trinajstić information content (AvgIpc) is 2.47. The van der Waals surface area contributed by atoms with Gasteiger partial charge in [-0.2, -0.15) is 0 Å². The Morgan fingerprint density at radius 1 is 1.37 bits per heavy atom. The largest absolute Gasteiger partial charge is 0.511 e. The standard InChI is InChI=1S/C15H22O4/c1-8(2)5-6-10-13(17)12(15(19)14(10)18)11(16)7-9(3)4/h5,9-10,14,17-18H,6-7H2,1-4H3/t10-,14-/m0/s1. The lowest BCUT2D eigenvalue weighted by Gasteiger charge is -2.11. The van der Waals surface area contributed by atoms with E-state index < -0.39 is 17.8 Å². The maximum Gasteiger partial charge on any atom is 0.199 e. The maximum absolute atomic E-state index is 11.9. The first-order valence-corrected chi connectivity index (χ1v) is 6.57.